The zero-order chi connectivity index (χ0) is 19.7. The zero-order valence-corrected chi connectivity index (χ0v) is 16.9. The molecular weight excluding hydrogens is 418 g/mol. The molecule has 0 fully saturated rings. The summed E-state index contributed by atoms with van der Waals surface area (Å²) in [5.41, 5.74) is 1.18. The summed E-state index contributed by atoms with van der Waals surface area (Å²) in [7, 11) is -1.15. The molecule has 0 radical (unpaired) electrons. The molecule has 0 N–H and O–H groups in total. The van der Waals surface area contributed by atoms with E-state index in [2.05, 4.69) is 0 Å². The number of nitrogens with zero attached hydrogens (tertiary/aromatic N) is 1. The van der Waals surface area contributed by atoms with Crippen LogP contribution >= 0.6 is 31.1 Å². The third-order valence-corrected chi connectivity index (χ3v) is 7.19. The third-order valence-electron chi connectivity index (χ3n) is 4.37. The van der Waals surface area contributed by atoms with Crippen molar-refractivity contribution in [1.29, 1.82) is 0 Å². The Labute approximate surface area is 172 Å². The van der Waals surface area contributed by atoms with Crippen molar-refractivity contribution in [2.45, 2.75) is 6.43 Å². The molecule has 1 nitrogen and oxygen atoms in total. The van der Waals surface area contributed by atoms with Gasteiger partial charge in [0.1, 0.15) is 0 Å². The van der Waals surface area contributed by atoms with E-state index in [-0.39, 0.29) is 5.56 Å². The molecule has 1 heterocycles. The second kappa shape index (κ2) is 8.13. The molecule has 4 rings (SSSR count). The number of hydrogen-bond donors (Lipinski definition) is 0. The Morgan fingerprint density at radius 3 is 1.82 bits per heavy atom. The third kappa shape index (κ3) is 3.89. The number of alkyl halides is 2. The van der Waals surface area contributed by atoms with E-state index in [0.29, 0.717) is 26.4 Å². The fourth-order valence-corrected chi connectivity index (χ4v) is 5.53. The molecule has 0 bridgehead atoms. The first-order valence-corrected chi connectivity index (χ1v) is 10.6. The van der Waals surface area contributed by atoms with Crippen LogP contribution in [0.4, 0.5) is 8.78 Å². The predicted molar refractivity (Wildman–Crippen MR) is 115 cm³/mol. The van der Waals surface area contributed by atoms with Crippen LogP contribution in [0.2, 0.25) is 10.0 Å². The summed E-state index contributed by atoms with van der Waals surface area (Å²) in [6.45, 7) is 0. The molecule has 0 spiro atoms. The van der Waals surface area contributed by atoms with E-state index >= 15 is 0 Å². The molecule has 0 atom stereocenters. The maximum Gasteiger partial charge on any atom is 0.264 e. The fourth-order valence-electron chi connectivity index (χ4n) is 3.08. The molecular formula is C22H14Cl2F2NP. The summed E-state index contributed by atoms with van der Waals surface area (Å²) in [4.78, 5) is 4.75. The summed E-state index contributed by atoms with van der Waals surface area (Å²) < 4.78 is 27.6. The van der Waals surface area contributed by atoms with Crippen LogP contribution in [0.15, 0.2) is 78.9 Å². The van der Waals surface area contributed by atoms with Gasteiger partial charge in [0.05, 0.1) is 11.0 Å². The predicted octanol–water partition coefficient (Wildman–Crippen LogP) is 6.24. The molecule has 6 heteroatoms. The average Bonchev–Trinajstić information content (AvgIpc) is 2.70. The summed E-state index contributed by atoms with van der Waals surface area (Å²) in [5, 5.41) is 3.67. The lowest BCUT2D eigenvalue weighted by Gasteiger charge is -2.20. The lowest BCUT2D eigenvalue weighted by Crippen LogP contribution is -2.23. The van der Waals surface area contributed by atoms with Crippen molar-refractivity contribution in [2.75, 3.05) is 0 Å². The maximum atomic E-state index is 13.8. The van der Waals surface area contributed by atoms with E-state index in [0.717, 1.165) is 10.6 Å². The van der Waals surface area contributed by atoms with Crippen LogP contribution in [-0.2, 0) is 0 Å². The topological polar surface area (TPSA) is 12.9 Å². The molecule has 0 aliphatic rings. The number of benzene rings is 3. The van der Waals surface area contributed by atoms with Gasteiger partial charge in [0.15, 0.2) is 0 Å². The van der Waals surface area contributed by atoms with Gasteiger partial charge in [-0.15, -0.1) is 0 Å². The van der Waals surface area contributed by atoms with E-state index in [9.17, 15) is 8.78 Å². The quantitative estimate of drug-likeness (QED) is 0.348. The Balaban J connectivity index is 1.96. The number of fused-ring (bicyclic) bond motifs is 1. The first-order valence-electron chi connectivity index (χ1n) is 8.52. The molecule has 140 valence electrons. The van der Waals surface area contributed by atoms with Crippen LogP contribution < -0.4 is 16.0 Å². The van der Waals surface area contributed by atoms with Crippen molar-refractivity contribution in [3.8, 4) is 0 Å². The van der Waals surface area contributed by atoms with Crippen LogP contribution in [0.5, 0.6) is 0 Å². The minimum atomic E-state index is -2.58. The summed E-state index contributed by atoms with van der Waals surface area (Å²) in [5.74, 6) is 0. The van der Waals surface area contributed by atoms with Crippen molar-refractivity contribution in [3.63, 3.8) is 0 Å². The van der Waals surface area contributed by atoms with E-state index in [4.69, 9.17) is 28.2 Å². The molecule has 0 unspecified atom stereocenters. The van der Waals surface area contributed by atoms with Crippen LogP contribution in [0.1, 0.15) is 12.0 Å². The summed E-state index contributed by atoms with van der Waals surface area (Å²) in [6.07, 6.45) is -2.58. The zero-order valence-electron chi connectivity index (χ0n) is 14.5. The highest BCUT2D eigenvalue weighted by Crippen LogP contribution is 2.36. The molecule has 0 saturated carbocycles. The summed E-state index contributed by atoms with van der Waals surface area (Å²) >= 11 is 12.1. The first kappa shape index (κ1) is 19.3. The van der Waals surface area contributed by atoms with Gasteiger partial charge in [-0.2, -0.15) is 0 Å². The van der Waals surface area contributed by atoms with Crippen molar-refractivity contribution in [1.82, 2.24) is 4.98 Å². The second-order valence-corrected chi connectivity index (χ2v) is 9.21. The minimum absolute atomic E-state index is 0.00368. The van der Waals surface area contributed by atoms with Crippen LogP contribution in [0.25, 0.3) is 10.9 Å². The molecule has 28 heavy (non-hydrogen) atoms. The largest absolute Gasteiger partial charge is 0.264 e. The Morgan fingerprint density at radius 1 is 0.750 bits per heavy atom. The molecule has 0 saturated heterocycles. The highest BCUT2D eigenvalue weighted by Gasteiger charge is 2.22. The van der Waals surface area contributed by atoms with Crippen LogP contribution in [0, 0.1) is 0 Å². The number of aromatic nitrogens is 1. The Bertz CT molecular complexity index is 1070. The van der Waals surface area contributed by atoms with E-state index in [1.807, 2.05) is 24.3 Å². The van der Waals surface area contributed by atoms with Gasteiger partial charge in [-0.25, -0.2) is 13.8 Å². The maximum absolute atomic E-state index is 13.8. The van der Waals surface area contributed by atoms with Gasteiger partial charge in [0.25, 0.3) is 6.43 Å². The molecule has 3 aromatic carbocycles. The molecule has 0 amide bonds. The van der Waals surface area contributed by atoms with Gasteiger partial charge >= 0.3 is 0 Å². The van der Waals surface area contributed by atoms with Gasteiger partial charge in [0, 0.05) is 28.9 Å². The lowest BCUT2D eigenvalue weighted by atomic mass is 10.1. The van der Waals surface area contributed by atoms with Crippen molar-refractivity contribution < 1.29 is 8.78 Å². The second-order valence-electron chi connectivity index (χ2n) is 6.18. The highest BCUT2D eigenvalue weighted by molar-refractivity contribution is 7.79. The number of rotatable bonds is 4. The van der Waals surface area contributed by atoms with Crippen molar-refractivity contribution >= 4 is 58.1 Å². The smallest absolute Gasteiger partial charge is 0.247 e. The lowest BCUT2D eigenvalue weighted by molar-refractivity contribution is 0.153. The van der Waals surface area contributed by atoms with Crippen molar-refractivity contribution in [2.24, 2.45) is 0 Å². The monoisotopic (exact) mass is 431 g/mol. The number of pyridine rings is 1. The van der Waals surface area contributed by atoms with Crippen LogP contribution in [-0.4, -0.2) is 4.98 Å². The molecule has 1 aromatic heterocycles. The van der Waals surface area contributed by atoms with Gasteiger partial charge in [-0.05, 0) is 47.0 Å². The van der Waals surface area contributed by atoms with E-state index < -0.39 is 14.3 Å². The van der Waals surface area contributed by atoms with Crippen molar-refractivity contribution in [3.05, 3.63) is 94.5 Å². The number of hydrogen-bond acceptors (Lipinski definition) is 1. The number of para-hydroxylation sites is 1. The Hall–Kier alpha value is -2.06. The fraction of sp³-hybridized carbons (Fsp3) is 0.0455. The average molecular weight is 432 g/mol. The molecule has 0 aliphatic carbocycles. The minimum Gasteiger partial charge on any atom is -0.247 e. The Kier molecular flexibility index (Phi) is 5.59. The molecule has 4 aromatic rings. The standard InChI is InChI=1S/C22H14Cl2F2NP/c23-14-5-9-16(10-6-14)28(17-11-7-15(24)8-12-17)21-13-19(22(25)26)18-3-1-2-4-20(18)27-21/h1-13,22H. The summed E-state index contributed by atoms with van der Waals surface area (Å²) in [6, 6.07) is 23.4. The molecule has 0 aliphatic heterocycles. The van der Waals surface area contributed by atoms with Gasteiger partial charge in [0.2, 0.25) is 0 Å². The van der Waals surface area contributed by atoms with Gasteiger partial charge in [-0.3, -0.25) is 0 Å². The number of halogens is 4. The van der Waals surface area contributed by atoms with Gasteiger partial charge in [-0.1, -0.05) is 65.7 Å². The first-order chi connectivity index (χ1) is 13.5. The SMILES string of the molecule is FC(F)c1cc(P(c2ccc(Cl)cc2)c2ccc(Cl)cc2)nc2ccccc12. The van der Waals surface area contributed by atoms with Gasteiger partial charge < -0.3 is 0 Å². The van der Waals surface area contributed by atoms with Crippen LogP contribution in [0.3, 0.4) is 0 Å². The highest BCUT2D eigenvalue weighted by atomic mass is 35.5. The normalized spacial score (nSPS) is 11.5. The van der Waals surface area contributed by atoms with E-state index in [1.54, 1.807) is 48.5 Å². The van der Waals surface area contributed by atoms with E-state index in [1.165, 1.54) is 6.07 Å². The Morgan fingerprint density at radius 2 is 1.29 bits per heavy atom.